The number of fused-ring (bicyclic) bond motifs is 2. The summed E-state index contributed by atoms with van der Waals surface area (Å²) < 4.78 is 18.5. The number of hydrogen-bond donors (Lipinski definition) is 0. The van der Waals surface area contributed by atoms with Gasteiger partial charge in [0.2, 0.25) is 5.79 Å². The van der Waals surface area contributed by atoms with Crippen molar-refractivity contribution >= 4 is 5.97 Å². The van der Waals surface area contributed by atoms with E-state index in [4.69, 9.17) is 24.0 Å². The standard InChI is InChI=1S/C26H36O6/c1-16-7-10-19(11-8-16)23(27)28-15-5-6-22-18(3)21-12-9-17(2)20-13-14-25(4)30-24(29-22)26(20,21)32-31-25/h7-8,10-11,17-18,20-22,24H,5-6,9,12-15H2,1-4H3/t17-,18-,20+,21+,22-,24?,25?,26-/m1/s1. The highest BCUT2D eigenvalue weighted by molar-refractivity contribution is 5.89. The molecule has 6 rings (SSSR count). The van der Waals surface area contributed by atoms with E-state index >= 15 is 0 Å². The highest BCUT2D eigenvalue weighted by atomic mass is 17.3. The van der Waals surface area contributed by atoms with Crippen molar-refractivity contribution < 1.29 is 28.8 Å². The summed E-state index contributed by atoms with van der Waals surface area (Å²) in [6.45, 7) is 8.94. The maximum Gasteiger partial charge on any atom is 0.338 e. The quantitative estimate of drug-likeness (QED) is 0.354. The van der Waals surface area contributed by atoms with Gasteiger partial charge in [0.1, 0.15) is 0 Å². The van der Waals surface area contributed by atoms with Crippen LogP contribution in [0.25, 0.3) is 0 Å². The molecule has 8 atom stereocenters. The molecule has 176 valence electrons. The molecule has 0 amide bonds. The van der Waals surface area contributed by atoms with E-state index in [1.54, 1.807) is 0 Å². The molecule has 0 N–H and O–H groups in total. The molecule has 2 bridgehead atoms. The third-order valence-corrected chi connectivity index (χ3v) is 8.45. The summed E-state index contributed by atoms with van der Waals surface area (Å²) >= 11 is 0. The Balaban J connectivity index is 1.23. The Morgan fingerprint density at radius 2 is 1.88 bits per heavy atom. The van der Waals surface area contributed by atoms with Crippen molar-refractivity contribution in [2.24, 2.45) is 23.7 Å². The molecule has 0 radical (unpaired) electrons. The van der Waals surface area contributed by atoms with Gasteiger partial charge >= 0.3 is 5.97 Å². The first-order valence-corrected chi connectivity index (χ1v) is 12.3. The lowest BCUT2D eigenvalue weighted by atomic mass is 9.57. The summed E-state index contributed by atoms with van der Waals surface area (Å²) in [5, 5.41) is 0. The SMILES string of the molecule is Cc1ccc(C(=O)OCCC[C@H]2OC3OC4(C)CC[C@H]5[C@H](C)CC[C@@H]([C@H]2C)[C@@]35OO4)cc1. The normalized spacial score (nSPS) is 42.8. The van der Waals surface area contributed by atoms with Crippen LogP contribution in [0.15, 0.2) is 24.3 Å². The van der Waals surface area contributed by atoms with E-state index in [0.29, 0.717) is 35.8 Å². The van der Waals surface area contributed by atoms with Crippen LogP contribution in [0.2, 0.25) is 0 Å². The summed E-state index contributed by atoms with van der Waals surface area (Å²) in [6.07, 6.45) is 5.40. The topological polar surface area (TPSA) is 63.2 Å². The largest absolute Gasteiger partial charge is 0.462 e. The molecule has 1 aliphatic carbocycles. The number of benzene rings is 1. The van der Waals surface area contributed by atoms with Gasteiger partial charge in [-0.2, -0.15) is 0 Å². The number of carbonyl (C=O) groups excluding carboxylic acids is 1. The first-order chi connectivity index (χ1) is 15.3. The monoisotopic (exact) mass is 444 g/mol. The summed E-state index contributed by atoms with van der Waals surface area (Å²) in [7, 11) is 0. The van der Waals surface area contributed by atoms with Crippen LogP contribution in [0.3, 0.4) is 0 Å². The highest BCUT2D eigenvalue weighted by Gasteiger charge is 2.69. The minimum atomic E-state index is -0.744. The Morgan fingerprint density at radius 1 is 1.09 bits per heavy atom. The second-order valence-corrected chi connectivity index (χ2v) is 10.6. The Morgan fingerprint density at radius 3 is 2.66 bits per heavy atom. The fourth-order valence-electron chi connectivity index (χ4n) is 6.53. The van der Waals surface area contributed by atoms with Gasteiger partial charge in [0, 0.05) is 12.3 Å². The number of hydrogen-bond acceptors (Lipinski definition) is 6. The molecule has 4 heterocycles. The molecule has 0 aromatic heterocycles. The van der Waals surface area contributed by atoms with Gasteiger partial charge in [-0.15, -0.1) is 0 Å². The van der Waals surface area contributed by atoms with Gasteiger partial charge in [-0.1, -0.05) is 31.5 Å². The van der Waals surface area contributed by atoms with Crippen molar-refractivity contribution in [2.75, 3.05) is 6.61 Å². The van der Waals surface area contributed by atoms with E-state index in [2.05, 4.69) is 13.8 Å². The van der Waals surface area contributed by atoms with E-state index in [-0.39, 0.29) is 12.1 Å². The zero-order valence-corrected chi connectivity index (χ0v) is 19.7. The van der Waals surface area contributed by atoms with Gasteiger partial charge in [-0.25, -0.2) is 14.6 Å². The van der Waals surface area contributed by atoms with Gasteiger partial charge < -0.3 is 14.2 Å². The van der Waals surface area contributed by atoms with Crippen molar-refractivity contribution in [3.8, 4) is 0 Å². The summed E-state index contributed by atoms with van der Waals surface area (Å²) in [6, 6.07) is 7.47. The van der Waals surface area contributed by atoms with Crippen LogP contribution >= 0.6 is 0 Å². The molecule has 1 saturated carbocycles. The van der Waals surface area contributed by atoms with Crippen molar-refractivity contribution in [3.05, 3.63) is 35.4 Å². The average Bonchev–Trinajstić information content (AvgIpc) is 3.00. The maximum absolute atomic E-state index is 12.3. The third kappa shape index (κ3) is 3.69. The molecular formula is C26H36O6. The molecule has 5 fully saturated rings. The Kier molecular flexibility index (Phi) is 5.85. The average molecular weight is 445 g/mol. The Hall–Kier alpha value is -1.47. The smallest absolute Gasteiger partial charge is 0.338 e. The lowest BCUT2D eigenvalue weighted by molar-refractivity contribution is -0.571. The van der Waals surface area contributed by atoms with Crippen LogP contribution in [0, 0.1) is 30.6 Å². The number of rotatable bonds is 5. The molecule has 5 aliphatic rings. The van der Waals surface area contributed by atoms with E-state index < -0.39 is 17.7 Å². The predicted molar refractivity (Wildman–Crippen MR) is 118 cm³/mol. The molecule has 6 heteroatoms. The summed E-state index contributed by atoms with van der Waals surface area (Å²) in [4.78, 5) is 24.4. The van der Waals surface area contributed by atoms with E-state index in [1.807, 2.05) is 38.1 Å². The highest BCUT2D eigenvalue weighted by Crippen LogP contribution is 2.60. The molecule has 2 unspecified atom stereocenters. The Labute approximate surface area is 190 Å². The van der Waals surface area contributed by atoms with Crippen LogP contribution in [0.4, 0.5) is 0 Å². The fourth-order valence-corrected chi connectivity index (χ4v) is 6.53. The van der Waals surface area contributed by atoms with Crippen molar-refractivity contribution in [2.45, 2.75) is 90.0 Å². The molecule has 1 spiro atoms. The van der Waals surface area contributed by atoms with E-state index in [9.17, 15) is 4.79 Å². The van der Waals surface area contributed by atoms with Crippen LogP contribution in [0.5, 0.6) is 0 Å². The zero-order valence-electron chi connectivity index (χ0n) is 19.7. The maximum atomic E-state index is 12.3. The van der Waals surface area contributed by atoms with Crippen molar-refractivity contribution in [3.63, 3.8) is 0 Å². The van der Waals surface area contributed by atoms with Gasteiger partial charge in [-0.05, 0) is 75.8 Å². The predicted octanol–water partition coefficient (Wildman–Crippen LogP) is 5.18. The first kappa shape index (κ1) is 22.3. The molecule has 4 aliphatic heterocycles. The van der Waals surface area contributed by atoms with Crippen LogP contribution in [-0.4, -0.2) is 36.4 Å². The van der Waals surface area contributed by atoms with E-state index in [1.165, 1.54) is 6.42 Å². The number of carbonyl (C=O) groups is 1. The van der Waals surface area contributed by atoms with Gasteiger partial charge in [-0.3, -0.25) is 0 Å². The molecule has 1 aromatic carbocycles. The van der Waals surface area contributed by atoms with Crippen molar-refractivity contribution in [1.29, 1.82) is 0 Å². The lowest BCUT2D eigenvalue weighted by Crippen LogP contribution is -2.70. The summed E-state index contributed by atoms with van der Waals surface area (Å²) in [5.74, 6) is 0.596. The molecule has 4 saturated heterocycles. The zero-order chi connectivity index (χ0) is 22.5. The molecule has 32 heavy (non-hydrogen) atoms. The molecule has 1 aromatic rings. The summed E-state index contributed by atoms with van der Waals surface area (Å²) in [5.41, 5.74) is 1.21. The second kappa shape index (κ2) is 8.39. The van der Waals surface area contributed by atoms with Gasteiger partial charge in [0.15, 0.2) is 11.9 Å². The minimum absolute atomic E-state index is 0.0503. The third-order valence-electron chi connectivity index (χ3n) is 8.45. The van der Waals surface area contributed by atoms with Gasteiger partial charge in [0.25, 0.3) is 0 Å². The fraction of sp³-hybridized carbons (Fsp3) is 0.731. The molecular weight excluding hydrogens is 408 g/mol. The van der Waals surface area contributed by atoms with Crippen LogP contribution in [0.1, 0.15) is 75.2 Å². The van der Waals surface area contributed by atoms with E-state index in [0.717, 1.165) is 37.7 Å². The number of esters is 1. The first-order valence-electron chi connectivity index (χ1n) is 12.3. The number of aryl methyl sites for hydroxylation is 1. The van der Waals surface area contributed by atoms with Gasteiger partial charge in [0.05, 0.1) is 18.3 Å². The second-order valence-electron chi connectivity index (χ2n) is 10.6. The van der Waals surface area contributed by atoms with Crippen molar-refractivity contribution in [1.82, 2.24) is 0 Å². The number of ether oxygens (including phenoxy) is 3. The lowest BCUT2D eigenvalue weighted by Gasteiger charge is -2.60. The molecule has 6 nitrogen and oxygen atoms in total. The van der Waals surface area contributed by atoms with Crippen LogP contribution < -0.4 is 0 Å². The minimum Gasteiger partial charge on any atom is -0.462 e. The van der Waals surface area contributed by atoms with Crippen LogP contribution in [-0.2, 0) is 24.0 Å². The Bertz CT molecular complexity index is 839.